The summed E-state index contributed by atoms with van der Waals surface area (Å²) in [5, 5.41) is 10.1. The molecule has 212 valence electrons. The molecule has 7 atom stereocenters. The van der Waals surface area contributed by atoms with Gasteiger partial charge in [0.1, 0.15) is 6.04 Å². The van der Waals surface area contributed by atoms with Gasteiger partial charge in [0.25, 0.3) is 0 Å². The number of hydrogen-bond acceptors (Lipinski definition) is 5. The highest BCUT2D eigenvalue weighted by Crippen LogP contribution is 2.67. The minimum absolute atomic E-state index is 0.00711. The summed E-state index contributed by atoms with van der Waals surface area (Å²) >= 11 is 1.67. The molecule has 39 heavy (non-hydrogen) atoms. The zero-order valence-electron chi connectivity index (χ0n) is 23.5. The molecule has 4 rings (SSSR count). The normalized spacial score (nSPS) is 28.6. The molecule has 3 fully saturated rings. The highest BCUT2D eigenvalue weighted by molar-refractivity contribution is 8.02. The first-order valence-corrected chi connectivity index (χ1v) is 15.1. The summed E-state index contributed by atoms with van der Waals surface area (Å²) in [6.07, 6.45) is 6.73. The number of thioether (sulfide) groups is 1. The summed E-state index contributed by atoms with van der Waals surface area (Å²) in [6.45, 7) is 14.6. The first-order valence-electron chi connectivity index (χ1n) is 14.2. The van der Waals surface area contributed by atoms with Crippen molar-refractivity contribution in [3.05, 3.63) is 61.2 Å². The van der Waals surface area contributed by atoms with Crippen LogP contribution in [0.1, 0.15) is 52.0 Å². The summed E-state index contributed by atoms with van der Waals surface area (Å²) < 4.78 is -0.680. The van der Waals surface area contributed by atoms with Gasteiger partial charge in [-0.3, -0.25) is 14.4 Å². The van der Waals surface area contributed by atoms with Crippen LogP contribution >= 0.6 is 11.8 Å². The number of carbonyl (C=O) groups is 3. The third kappa shape index (κ3) is 5.18. The first-order chi connectivity index (χ1) is 18.7. The van der Waals surface area contributed by atoms with Crippen LogP contribution in [0.2, 0.25) is 0 Å². The molecule has 0 saturated carbocycles. The molecule has 3 aliphatic rings. The van der Waals surface area contributed by atoms with Crippen molar-refractivity contribution in [1.29, 1.82) is 0 Å². The number of rotatable bonds is 13. The van der Waals surface area contributed by atoms with Gasteiger partial charge in [-0.2, -0.15) is 0 Å². The van der Waals surface area contributed by atoms with Crippen LogP contribution in [0.15, 0.2) is 55.6 Å². The van der Waals surface area contributed by atoms with E-state index in [1.165, 1.54) is 0 Å². The topological polar surface area (TPSA) is 81.2 Å². The van der Waals surface area contributed by atoms with Gasteiger partial charge in [-0.15, -0.1) is 24.9 Å². The van der Waals surface area contributed by atoms with E-state index in [0.29, 0.717) is 26.1 Å². The Labute approximate surface area is 237 Å². The number of benzene rings is 1. The van der Waals surface area contributed by atoms with Gasteiger partial charge in [0.05, 0.1) is 29.2 Å². The molecule has 3 saturated heterocycles. The van der Waals surface area contributed by atoms with E-state index in [9.17, 15) is 19.5 Å². The Kier molecular flexibility index (Phi) is 9.27. The molecule has 0 radical (unpaired) electrons. The molecule has 1 spiro atoms. The van der Waals surface area contributed by atoms with E-state index >= 15 is 0 Å². The van der Waals surface area contributed by atoms with Crippen LogP contribution in [-0.2, 0) is 20.9 Å². The lowest BCUT2D eigenvalue weighted by atomic mass is 9.70. The summed E-state index contributed by atoms with van der Waals surface area (Å²) in [7, 11) is 0. The van der Waals surface area contributed by atoms with Gasteiger partial charge in [-0.1, -0.05) is 55.8 Å². The molecule has 1 aromatic carbocycles. The van der Waals surface area contributed by atoms with Gasteiger partial charge in [0, 0.05) is 30.9 Å². The van der Waals surface area contributed by atoms with Crippen molar-refractivity contribution in [2.24, 2.45) is 11.8 Å². The Bertz CT molecular complexity index is 1080. The summed E-state index contributed by atoms with van der Waals surface area (Å²) in [5.41, 5.74) is 1.02. The second-order valence-electron chi connectivity index (χ2n) is 11.2. The molecule has 2 bridgehead atoms. The summed E-state index contributed by atoms with van der Waals surface area (Å²) in [4.78, 5) is 48.1. The quantitative estimate of drug-likeness (QED) is 0.375. The van der Waals surface area contributed by atoms with Crippen LogP contribution < -0.4 is 0 Å². The van der Waals surface area contributed by atoms with E-state index < -0.39 is 28.7 Å². The van der Waals surface area contributed by atoms with Crippen molar-refractivity contribution in [2.45, 2.75) is 81.1 Å². The van der Waals surface area contributed by atoms with Gasteiger partial charge in [0.2, 0.25) is 17.7 Å². The highest BCUT2D eigenvalue weighted by Gasteiger charge is 2.74. The van der Waals surface area contributed by atoms with Crippen LogP contribution in [-0.4, -0.2) is 85.3 Å². The minimum atomic E-state index is -0.716. The van der Waals surface area contributed by atoms with Crippen LogP contribution in [0.3, 0.4) is 0 Å². The average molecular weight is 554 g/mol. The Hall–Kier alpha value is -2.58. The van der Waals surface area contributed by atoms with Crippen LogP contribution in [0.4, 0.5) is 0 Å². The number of nitrogens with zero attached hydrogens (tertiary/aromatic N) is 3. The third-order valence-electron chi connectivity index (χ3n) is 8.72. The number of aliphatic hydroxyl groups excluding tert-OH is 1. The van der Waals surface area contributed by atoms with Crippen molar-refractivity contribution in [1.82, 2.24) is 14.7 Å². The average Bonchev–Trinajstić information content (AvgIpc) is 3.58. The van der Waals surface area contributed by atoms with E-state index in [4.69, 9.17) is 0 Å². The van der Waals surface area contributed by atoms with Crippen LogP contribution in [0, 0.1) is 11.8 Å². The molecule has 3 amide bonds. The Morgan fingerprint density at radius 2 is 1.87 bits per heavy atom. The van der Waals surface area contributed by atoms with E-state index in [2.05, 4.69) is 20.1 Å². The van der Waals surface area contributed by atoms with Crippen molar-refractivity contribution in [3.8, 4) is 0 Å². The first kappa shape index (κ1) is 29.4. The molecule has 3 unspecified atom stereocenters. The summed E-state index contributed by atoms with van der Waals surface area (Å²) in [6, 6.07) is 8.59. The maximum absolute atomic E-state index is 14.4. The highest BCUT2D eigenvalue weighted by atomic mass is 32.2. The number of fused-ring (bicyclic) bond motifs is 1. The van der Waals surface area contributed by atoms with Crippen molar-refractivity contribution in [2.75, 3.05) is 19.7 Å². The second-order valence-corrected chi connectivity index (χ2v) is 12.8. The van der Waals surface area contributed by atoms with E-state index in [1.54, 1.807) is 40.6 Å². The fourth-order valence-corrected chi connectivity index (χ4v) is 9.17. The van der Waals surface area contributed by atoms with E-state index in [-0.39, 0.29) is 35.6 Å². The second kappa shape index (κ2) is 12.3. The van der Waals surface area contributed by atoms with Gasteiger partial charge in [-0.05, 0) is 38.7 Å². The Morgan fingerprint density at radius 3 is 2.49 bits per heavy atom. The monoisotopic (exact) mass is 553 g/mol. The number of amides is 3. The van der Waals surface area contributed by atoms with Crippen molar-refractivity contribution in [3.63, 3.8) is 0 Å². The molecule has 7 nitrogen and oxygen atoms in total. The zero-order valence-corrected chi connectivity index (χ0v) is 24.3. The predicted octanol–water partition coefficient (Wildman–Crippen LogP) is 3.88. The van der Waals surface area contributed by atoms with E-state index in [1.807, 2.05) is 42.2 Å². The van der Waals surface area contributed by atoms with Crippen molar-refractivity contribution >= 4 is 29.5 Å². The van der Waals surface area contributed by atoms with Crippen LogP contribution in [0.5, 0.6) is 0 Å². The summed E-state index contributed by atoms with van der Waals surface area (Å²) in [5.74, 6) is -1.43. The standard InChI is InChI=1S/C31H43N3O4S/c1-6-12-21(4)33(18-8-3)30(38)27-31-16-15-24(39-31)25(26(31)29(37)34(27)22(5)20-35)28(36)32(17-7-2)19-23-13-10-9-11-14-23/h7-11,13-14,21-22,24-27,35H,2-3,6,12,15-20H2,1,4-5H3/t21?,22-,24+,25-,26+,27?,31?/m1/s1. The third-order valence-corrected chi connectivity index (χ3v) is 10.7. The molecule has 0 aromatic heterocycles. The number of carbonyl (C=O) groups excluding carboxylic acids is 3. The molecule has 0 aliphatic carbocycles. The van der Waals surface area contributed by atoms with Crippen molar-refractivity contribution < 1.29 is 19.5 Å². The van der Waals surface area contributed by atoms with E-state index in [0.717, 1.165) is 24.8 Å². The number of hydrogen-bond donors (Lipinski definition) is 1. The molecule has 8 heteroatoms. The Morgan fingerprint density at radius 1 is 1.18 bits per heavy atom. The molecule has 3 heterocycles. The van der Waals surface area contributed by atoms with Crippen LogP contribution in [0.25, 0.3) is 0 Å². The molecule has 1 N–H and O–H groups in total. The number of likely N-dealkylation sites (tertiary alicyclic amines) is 1. The minimum Gasteiger partial charge on any atom is -0.394 e. The largest absolute Gasteiger partial charge is 0.394 e. The maximum Gasteiger partial charge on any atom is 0.247 e. The lowest BCUT2D eigenvalue weighted by Crippen LogP contribution is -2.58. The smallest absolute Gasteiger partial charge is 0.247 e. The van der Waals surface area contributed by atoms with Gasteiger partial charge < -0.3 is 19.8 Å². The maximum atomic E-state index is 14.4. The lowest BCUT2D eigenvalue weighted by Gasteiger charge is -2.40. The molecule has 3 aliphatic heterocycles. The molecular weight excluding hydrogens is 510 g/mol. The lowest BCUT2D eigenvalue weighted by molar-refractivity contribution is -0.147. The SMILES string of the molecule is C=CCN(Cc1ccccc1)C(=O)[C@@H]1[C@@H]2CCC3(S2)C(C(=O)N(CC=C)C(C)CCC)N([C@H](C)CO)C(=O)[C@H]13. The van der Waals surface area contributed by atoms with Gasteiger partial charge in [-0.25, -0.2) is 0 Å². The molecule has 1 aromatic rings. The zero-order chi connectivity index (χ0) is 28.3. The Balaban J connectivity index is 1.72. The predicted molar refractivity (Wildman–Crippen MR) is 156 cm³/mol. The fourth-order valence-electron chi connectivity index (χ4n) is 6.97. The molecular formula is C31H43N3O4S. The van der Waals surface area contributed by atoms with Gasteiger partial charge >= 0.3 is 0 Å². The van der Waals surface area contributed by atoms with Gasteiger partial charge in [0.15, 0.2) is 0 Å². The number of aliphatic hydroxyl groups is 1. The fraction of sp³-hybridized carbons (Fsp3) is 0.581.